The van der Waals surface area contributed by atoms with E-state index in [0.717, 1.165) is 43.8 Å². The van der Waals surface area contributed by atoms with E-state index in [1.807, 2.05) is 49.2 Å². The van der Waals surface area contributed by atoms with Crippen molar-refractivity contribution in [3.63, 3.8) is 0 Å². The Morgan fingerprint density at radius 1 is 1.22 bits per heavy atom. The van der Waals surface area contributed by atoms with Crippen LogP contribution < -0.4 is 4.74 Å². The van der Waals surface area contributed by atoms with E-state index < -0.39 is 0 Å². The number of imidazole rings is 1. The van der Waals surface area contributed by atoms with Crippen molar-refractivity contribution in [3.05, 3.63) is 48.0 Å². The average Bonchev–Trinajstić information content (AvgIpc) is 3.14. The highest BCUT2D eigenvalue weighted by molar-refractivity contribution is 5.94. The lowest BCUT2D eigenvalue weighted by Crippen LogP contribution is -2.38. The van der Waals surface area contributed by atoms with Crippen molar-refractivity contribution in [3.8, 4) is 5.75 Å². The molecule has 0 radical (unpaired) electrons. The molecule has 146 valence electrons. The first kappa shape index (κ1) is 19.5. The molecule has 0 N–H and O–H groups in total. The fraction of sp³-hybridized carbons (Fsp3) is 0.545. The Labute approximate surface area is 162 Å². The summed E-state index contributed by atoms with van der Waals surface area (Å²) in [5, 5.41) is 0. The van der Waals surface area contributed by atoms with E-state index in [4.69, 9.17) is 4.74 Å². The smallest absolute Gasteiger partial charge is 0.253 e. The van der Waals surface area contributed by atoms with Crippen LogP contribution in [0.25, 0.3) is 0 Å². The van der Waals surface area contributed by atoms with Crippen molar-refractivity contribution in [1.82, 2.24) is 14.5 Å². The number of benzene rings is 1. The molecule has 1 aliphatic heterocycles. The zero-order chi connectivity index (χ0) is 19.2. The lowest BCUT2D eigenvalue weighted by atomic mass is 9.95. The van der Waals surface area contributed by atoms with Crippen molar-refractivity contribution in [1.29, 1.82) is 0 Å². The summed E-state index contributed by atoms with van der Waals surface area (Å²) in [5.74, 6) is 2.55. The number of nitrogens with zero attached hydrogens (tertiary/aromatic N) is 3. The molecule has 0 bridgehead atoms. The second-order valence-corrected chi connectivity index (χ2v) is 7.59. The summed E-state index contributed by atoms with van der Waals surface area (Å²) in [6.45, 7) is 8.81. The molecule has 1 amide bonds. The molecular weight excluding hydrogens is 338 g/mol. The number of rotatable bonds is 7. The van der Waals surface area contributed by atoms with Crippen molar-refractivity contribution >= 4 is 5.91 Å². The van der Waals surface area contributed by atoms with E-state index in [1.165, 1.54) is 18.7 Å². The van der Waals surface area contributed by atoms with Crippen LogP contribution in [0.3, 0.4) is 0 Å². The lowest BCUT2D eigenvalue weighted by molar-refractivity contribution is 0.0710. The number of carbonyl (C=O) groups excluding carboxylic acids is 1. The predicted octanol–water partition coefficient (Wildman–Crippen LogP) is 4.49. The van der Waals surface area contributed by atoms with Gasteiger partial charge in [-0.25, -0.2) is 4.98 Å². The summed E-state index contributed by atoms with van der Waals surface area (Å²) >= 11 is 0. The molecule has 1 aromatic carbocycles. The van der Waals surface area contributed by atoms with Crippen LogP contribution in [-0.2, 0) is 6.54 Å². The minimum Gasteiger partial charge on any atom is -0.491 e. The molecule has 1 fully saturated rings. The third kappa shape index (κ3) is 4.90. The Morgan fingerprint density at radius 3 is 2.56 bits per heavy atom. The zero-order valence-corrected chi connectivity index (χ0v) is 16.7. The van der Waals surface area contributed by atoms with Crippen LogP contribution in [0, 0.1) is 0 Å². The highest BCUT2D eigenvalue weighted by atomic mass is 16.5. The van der Waals surface area contributed by atoms with E-state index in [2.05, 4.69) is 22.7 Å². The quantitative estimate of drug-likeness (QED) is 0.722. The first-order chi connectivity index (χ1) is 13.1. The summed E-state index contributed by atoms with van der Waals surface area (Å²) in [6, 6.07) is 7.49. The molecule has 1 saturated heterocycles. The number of hydrogen-bond acceptors (Lipinski definition) is 3. The third-order valence-corrected chi connectivity index (χ3v) is 5.12. The largest absolute Gasteiger partial charge is 0.491 e. The minimum absolute atomic E-state index is 0.110. The zero-order valence-electron chi connectivity index (χ0n) is 16.7. The summed E-state index contributed by atoms with van der Waals surface area (Å²) < 4.78 is 7.95. The van der Waals surface area contributed by atoms with Gasteiger partial charge in [0.1, 0.15) is 11.6 Å². The van der Waals surface area contributed by atoms with E-state index >= 15 is 0 Å². The van der Waals surface area contributed by atoms with Gasteiger partial charge in [0.05, 0.1) is 6.10 Å². The van der Waals surface area contributed by atoms with Gasteiger partial charge in [0, 0.05) is 43.5 Å². The van der Waals surface area contributed by atoms with Crippen molar-refractivity contribution in [2.24, 2.45) is 0 Å². The van der Waals surface area contributed by atoms with Crippen molar-refractivity contribution in [2.75, 3.05) is 13.1 Å². The fourth-order valence-corrected chi connectivity index (χ4v) is 3.67. The Balaban J connectivity index is 1.57. The van der Waals surface area contributed by atoms with Gasteiger partial charge in [0.2, 0.25) is 0 Å². The number of hydrogen-bond donors (Lipinski definition) is 0. The van der Waals surface area contributed by atoms with Crippen molar-refractivity contribution in [2.45, 2.75) is 65.0 Å². The van der Waals surface area contributed by atoms with Gasteiger partial charge in [0.25, 0.3) is 5.91 Å². The fourth-order valence-electron chi connectivity index (χ4n) is 3.67. The highest BCUT2D eigenvalue weighted by Crippen LogP contribution is 2.28. The minimum atomic E-state index is 0.110. The van der Waals surface area contributed by atoms with Crippen LogP contribution >= 0.6 is 0 Å². The number of carbonyl (C=O) groups is 1. The summed E-state index contributed by atoms with van der Waals surface area (Å²) in [6.07, 6.45) is 8.44. The second kappa shape index (κ2) is 9.07. The van der Waals surface area contributed by atoms with Gasteiger partial charge in [-0.3, -0.25) is 4.79 Å². The molecule has 0 atom stereocenters. The molecule has 27 heavy (non-hydrogen) atoms. The molecule has 1 aliphatic rings. The van der Waals surface area contributed by atoms with Crippen molar-refractivity contribution < 1.29 is 9.53 Å². The molecule has 0 spiro atoms. The standard InChI is InChI=1S/C22H31N3O2/c1-4-5-13-24-16-12-23-21(24)18-10-14-25(15-11-18)22(26)19-6-8-20(9-7-19)27-17(2)3/h6-9,12,16-18H,4-5,10-11,13-15H2,1-3H3. The lowest BCUT2D eigenvalue weighted by Gasteiger charge is -2.32. The summed E-state index contributed by atoms with van der Waals surface area (Å²) in [7, 11) is 0. The number of ether oxygens (including phenoxy) is 1. The van der Waals surface area contributed by atoms with Crippen LogP contribution in [0.5, 0.6) is 5.75 Å². The van der Waals surface area contributed by atoms with Gasteiger partial charge >= 0.3 is 0 Å². The topological polar surface area (TPSA) is 47.4 Å². The number of aryl methyl sites for hydroxylation is 1. The molecule has 5 heteroatoms. The van der Waals surface area contributed by atoms with Gasteiger partial charge in [-0.15, -0.1) is 0 Å². The first-order valence-electron chi connectivity index (χ1n) is 10.2. The molecule has 3 rings (SSSR count). The van der Waals surface area contributed by atoms with E-state index in [-0.39, 0.29) is 12.0 Å². The average molecular weight is 370 g/mol. The maximum Gasteiger partial charge on any atom is 0.253 e. The molecular formula is C22H31N3O2. The van der Waals surface area contributed by atoms with Crippen LogP contribution in [0.2, 0.25) is 0 Å². The van der Waals surface area contributed by atoms with Crippen LogP contribution in [0.4, 0.5) is 0 Å². The number of piperidine rings is 1. The van der Waals surface area contributed by atoms with E-state index in [9.17, 15) is 4.79 Å². The number of amides is 1. The Kier molecular flexibility index (Phi) is 6.54. The van der Waals surface area contributed by atoms with E-state index in [1.54, 1.807) is 0 Å². The van der Waals surface area contributed by atoms with Crippen LogP contribution in [0.1, 0.15) is 68.6 Å². The maximum absolute atomic E-state index is 12.8. The van der Waals surface area contributed by atoms with Gasteiger partial charge in [-0.05, 0) is 57.4 Å². The predicted molar refractivity (Wildman–Crippen MR) is 107 cm³/mol. The Morgan fingerprint density at radius 2 is 1.93 bits per heavy atom. The first-order valence-corrected chi connectivity index (χ1v) is 10.2. The number of likely N-dealkylation sites (tertiary alicyclic amines) is 1. The van der Waals surface area contributed by atoms with E-state index in [0.29, 0.717) is 5.92 Å². The monoisotopic (exact) mass is 369 g/mol. The summed E-state index contributed by atoms with van der Waals surface area (Å²) in [4.78, 5) is 19.4. The number of aromatic nitrogens is 2. The normalized spacial score (nSPS) is 15.3. The van der Waals surface area contributed by atoms with Crippen LogP contribution in [-0.4, -0.2) is 39.6 Å². The summed E-state index contributed by atoms with van der Waals surface area (Å²) in [5.41, 5.74) is 0.731. The third-order valence-electron chi connectivity index (χ3n) is 5.12. The van der Waals surface area contributed by atoms with Crippen LogP contribution in [0.15, 0.2) is 36.7 Å². The van der Waals surface area contributed by atoms with Gasteiger partial charge < -0.3 is 14.2 Å². The van der Waals surface area contributed by atoms with Gasteiger partial charge in [-0.2, -0.15) is 0 Å². The molecule has 2 aromatic rings. The molecule has 0 unspecified atom stereocenters. The SMILES string of the molecule is CCCCn1ccnc1C1CCN(C(=O)c2ccc(OC(C)C)cc2)CC1. The number of unbranched alkanes of at least 4 members (excludes halogenated alkanes) is 1. The second-order valence-electron chi connectivity index (χ2n) is 7.59. The molecule has 0 aliphatic carbocycles. The highest BCUT2D eigenvalue weighted by Gasteiger charge is 2.26. The molecule has 0 saturated carbocycles. The maximum atomic E-state index is 12.8. The molecule has 5 nitrogen and oxygen atoms in total. The molecule has 1 aromatic heterocycles. The Hall–Kier alpha value is -2.30. The van der Waals surface area contributed by atoms with Gasteiger partial charge in [-0.1, -0.05) is 13.3 Å². The van der Waals surface area contributed by atoms with Gasteiger partial charge in [0.15, 0.2) is 0 Å². The molecule has 2 heterocycles. The Bertz CT molecular complexity index is 728.